The van der Waals surface area contributed by atoms with Crippen molar-refractivity contribution < 1.29 is 8.42 Å². The third kappa shape index (κ3) is 3.72. The summed E-state index contributed by atoms with van der Waals surface area (Å²) in [5.74, 6) is 0. The number of fused-ring (bicyclic) bond motifs is 2. The van der Waals surface area contributed by atoms with E-state index in [9.17, 15) is 13.2 Å². The molecule has 8 heteroatoms. The van der Waals surface area contributed by atoms with Gasteiger partial charge in [0.2, 0.25) is 9.84 Å². The Balaban J connectivity index is 1.82. The van der Waals surface area contributed by atoms with Gasteiger partial charge in [0.1, 0.15) is 21.7 Å². The van der Waals surface area contributed by atoms with E-state index in [2.05, 4.69) is 4.98 Å². The van der Waals surface area contributed by atoms with E-state index < -0.39 is 9.84 Å². The molecular formula is C26H22N4O3S. The van der Waals surface area contributed by atoms with Crippen molar-refractivity contribution in [3.05, 3.63) is 112 Å². The number of sulfone groups is 1. The highest BCUT2D eigenvalue weighted by atomic mass is 32.2. The van der Waals surface area contributed by atoms with Gasteiger partial charge in [-0.2, -0.15) is 0 Å². The van der Waals surface area contributed by atoms with Gasteiger partial charge in [0, 0.05) is 12.7 Å². The molecule has 0 aliphatic heterocycles. The van der Waals surface area contributed by atoms with Gasteiger partial charge in [-0.1, -0.05) is 54.6 Å². The van der Waals surface area contributed by atoms with Crippen LogP contribution in [0.3, 0.4) is 0 Å². The van der Waals surface area contributed by atoms with E-state index in [1.54, 1.807) is 30.5 Å². The van der Waals surface area contributed by atoms with Crippen molar-refractivity contribution in [2.24, 2.45) is 0 Å². The molecule has 7 nitrogen and oxygen atoms in total. The van der Waals surface area contributed by atoms with E-state index in [-0.39, 0.29) is 26.2 Å². The molecule has 0 radical (unpaired) electrons. The zero-order valence-electron chi connectivity index (χ0n) is 18.5. The van der Waals surface area contributed by atoms with Crippen LogP contribution in [-0.2, 0) is 22.8 Å². The first-order chi connectivity index (χ1) is 16.4. The summed E-state index contributed by atoms with van der Waals surface area (Å²) >= 11 is 0. The Morgan fingerprint density at radius 2 is 1.62 bits per heavy atom. The molecule has 0 atom stereocenters. The van der Waals surface area contributed by atoms with Crippen LogP contribution >= 0.6 is 0 Å². The second-order valence-electron chi connectivity index (χ2n) is 8.15. The van der Waals surface area contributed by atoms with Gasteiger partial charge in [0.25, 0.3) is 5.56 Å². The van der Waals surface area contributed by atoms with E-state index in [1.807, 2.05) is 43.3 Å². The van der Waals surface area contributed by atoms with E-state index in [1.165, 1.54) is 27.2 Å². The van der Waals surface area contributed by atoms with Crippen molar-refractivity contribution in [2.75, 3.05) is 0 Å². The van der Waals surface area contributed by atoms with Crippen LogP contribution in [0, 0.1) is 12.3 Å². The Morgan fingerprint density at radius 1 is 0.941 bits per heavy atom. The van der Waals surface area contributed by atoms with Crippen LogP contribution < -0.4 is 11.0 Å². The fourth-order valence-electron chi connectivity index (χ4n) is 4.05. The molecule has 3 heterocycles. The smallest absolute Gasteiger partial charge is 0.267 e. The molecule has 5 rings (SSSR count). The van der Waals surface area contributed by atoms with Crippen LogP contribution in [0.15, 0.2) is 99.6 Å². The minimum absolute atomic E-state index is 0.0714. The predicted molar refractivity (Wildman–Crippen MR) is 130 cm³/mol. The summed E-state index contributed by atoms with van der Waals surface area (Å²) in [7, 11) is -4.03. The summed E-state index contributed by atoms with van der Waals surface area (Å²) in [6, 6.07) is 22.6. The van der Waals surface area contributed by atoms with Gasteiger partial charge in [0.15, 0.2) is 0 Å². The molecule has 1 N–H and O–H groups in total. The number of aryl methyl sites for hydroxylation is 3. The number of benzene rings is 2. The second-order valence-corrected chi connectivity index (χ2v) is 10.1. The molecule has 0 aliphatic carbocycles. The second kappa shape index (κ2) is 8.39. The van der Waals surface area contributed by atoms with E-state index >= 15 is 0 Å². The number of nitrogens with one attached hydrogen (secondary N) is 1. The Hall–Kier alpha value is -4.04. The lowest BCUT2D eigenvalue weighted by Crippen LogP contribution is -2.30. The van der Waals surface area contributed by atoms with Gasteiger partial charge in [-0.25, -0.2) is 13.4 Å². The Labute approximate surface area is 196 Å². The quantitative estimate of drug-likeness (QED) is 0.398. The molecule has 0 saturated heterocycles. The molecule has 2 aromatic carbocycles. The van der Waals surface area contributed by atoms with Crippen LogP contribution in [0.4, 0.5) is 0 Å². The molecule has 34 heavy (non-hydrogen) atoms. The highest BCUT2D eigenvalue weighted by molar-refractivity contribution is 7.91. The maximum Gasteiger partial charge on any atom is 0.267 e. The number of nitrogens with zero attached hydrogens (tertiary/aromatic N) is 3. The summed E-state index contributed by atoms with van der Waals surface area (Å²) in [5, 5.41) is 9.00. The number of hydrogen-bond acceptors (Lipinski definition) is 5. The fraction of sp³-hybridized carbons (Fsp3) is 0.115. The average Bonchev–Trinajstić information content (AvgIpc) is 2.85. The van der Waals surface area contributed by atoms with Gasteiger partial charge in [-0.15, -0.1) is 0 Å². The fourth-order valence-corrected chi connectivity index (χ4v) is 5.46. The molecule has 0 bridgehead atoms. The molecular weight excluding hydrogens is 448 g/mol. The van der Waals surface area contributed by atoms with Crippen molar-refractivity contribution in [2.45, 2.75) is 29.7 Å². The summed E-state index contributed by atoms with van der Waals surface area (Å²) in [6.07, 6.45) is 2.23. The minimum Gasteiger partial charge on any atom is -0.309 e. The van der Waals surface area contributed by atoms with Gasteiger partial charge in [0.05, 0.1) is 10.3 Å². The first-order valence-corrected chi connectivity index (χ1v) is 12.3. The van der Waals surface area contributed by atoms with Crippen LogP contribution in [0.25, 0.3) is 16.7 Å². The maximum absolute atomic E-state index is 13.5. The monoisotopic (exact) mass is 470 g/mol. The summed E-state index contributed by atoms with van der Waals surface area (Å²) < 4.78 is 29.9. The minimum atomic E-state index is -4.03. The number of hydrogen-bond donors (Lipinski definition) is 1. The lowest BCUT2D eigenvalue weighted by molar-refractivity contribution is 0.588. The summed E-state index contributed by atoms with van der Waals surface area (Å²) in [5.41, 5.74) is 2.07. The van der Waals surface area contributed by atoms with Gasteiger partial charge >= 0.3 is 0 Å². The lowest BCUT2D eigenvalue weighted by atomic mass is 10.1. The molecule has 3 aromatic heterocycles. The lowest BCUT2D eigenvalue weighted by Gasteiger charge is -2.15. The van der Waals surface area contributed by atoms with Gasteiger partial charge < -0.3 is 4.57 Å². The topological polar surface area (TPSA) is 97.3 Å². The van der Waals surface area contributed by atoms with Crippen molar-refractivity contribution in [3.8, 4) is 0 Å². The number of pyridine rings is 2. The Morgan fingerprint density at radius 3 is 2.32 bits per heavy atom. The van der Waals surface area contributed by atoms with Crippen molar-refractivity contribution >= 4 is 26.5 Å². The van der Waals surface area contributed by atoms with Gasteiger partial charge in [-0.3, -0.25) is 14.6 Å². The van der Waals surface area contributed by atoms with Crippen molar-refractivity contribution in [1.82, 2.24) is 14.0 Å². The number of rotatable bonds is 5. The zero-order chi connectivity index (χ0) is 23.9. The summed E-state index contributed by atoms with van der Waals surface area (Å²) in [6.45, 7) is 2.17. The highest BCUT2D eigenvalue weighted by Gasteiger charge is 2.24. The van der Waals surface area contributed by atoms with Gasteiger partial charge in [-0.05, 0) is 48.7 Å². The van der Waals surface area contributed by atoms with Crippen LogP contribution in [0.2, 0.25) is 0 Å². The Kier molecular flexibility index (Phi) is 5.37. The Bertz CT molecular complexity index is 1760. The molecule has 0 amide bonds. The molecule has 170 valence electrons. The normalized spacial score (nSPS) is 11.8. The van der Waals surface area contributed by atoms with E-state index in [0.717, 1.165) is 11.1 Å². The molecule has 5 aromatic rings. The molecule has 0 fully saturated rings. The van der Waals surface area contributed by atoms with Crippen LogP contribution in [0.1, 0.15) is 11.1 Å². The third-order valence-electron chi connectivity index (χ3n) is 5.83. The molecule has 0 aliphatic rings. The predicted octanol–water partition coefficient (Wildman–Crippen LogP) is 3.51. The first kappa shape index (κ1) is 21.8. The highest BCUT2D eigenvalue weighted by Crippen LogP contribution is 2.21. The molecule has 0 saturated carbocycles. The number of aromatic nitrogens is 3. The molecule has 0 spiro atoms. The van der Waals surface area contributed by atoms with E-state index in [0.29, 0.717) is 24.3 Å². The third-order valence-corrected chi connectivity index (χ3v) is 7.61. The average molecular weight is 471 g/mol. The zero-order valence-corrected chi connectivity index (χ0v) is 19.3. The van der Waals surface area contributed by atoms with Crippen LogP contribution in [0.5, 0.6) is 0 Å². The standard InChI is InChI=1S/C26H22N4O3S/c1-18-12-13-23-28-25-21(26(31)30(23)17-18)16-22(34(32,33)20-10-6-3-7-11-20)24(27)29(25)15-14-19-8-4-2-5-9-19/h2-13,16-17,27H,14-15H2,1H3. The molecule has 0 unspecified atom stereocenters. The first-order valence-electron chi connectivity index (χ1n) is 10.8. The van der Waals surface area contributed by atoms with Crippen LogP contribution in [-0.4, -0.2) is 22.4 Å². The SMILES string of the molecule is Cc1ccc2nc3c(cc(S(=O)(=O)c4ccccc4)c(=N)n3CCc3ccccc3)c(=O)n2c1. The summed E-state index contributed by atoms with van der Waals surface area (Å²) in [4.78, 5) is 18.0. The van der Waals surface area contributed by atoms with E-state index in [4.69, 9.17) is 5.41 Å². The van der Waals surface area contributed by atoms with Crippen molar-refractivity contribution in [1.29, 1.82) is 5.41 Å². The largest absolute Gasteiger partial charge is 0.309 e. The maximum atomic E-state index is 13.5. The van der Waals surface area contributed by atoms with Crippen molar-refractivity contribution in [3.63, 3.8) is 0 Å².